The average Bonchev–Trinajstić information content (AvgIpc) is 2.73. The molecule has 2 atom stereocenters. The second-order valence-corrected chi connectivity index (χ2v) is 5.17. The molecule has 5 heteroatoms. The maximum atomic E-state index is 10.8. The van der Waals surface area contributed by atoms with E-state index in [9.17, 15) is 4.79 Å². The van der Waals surface area contributed by atoms with E-state index in [1.165, 1.54) is 0 Å². The summed E-state index contributed by atoms with van der Waals surface area (Å²) in [6.45, 7) is 2.56. The Morgan fingerprint density at radius 2 is 2.47 bits per heavy atom. The molecule has 3 N–H and O–H groups in total. The molecule has 2 rings (SSSR count). The standard InChI is InChI=1S/C12H16N2O2S/c1-8(13)9-3-2-4-11(5-9)17-7-10-6-14-12(15)16-10/h2-5,8,10H,6-7,13H2,1H3,(H,14,15). The predicted octanol–water partition coefficient (Wildman–Crippen LogP) is 1.91. The smallest absolute Gasteiger partial charge is 0.407 e. The lowest BCUT2D eigenvalue weighted by atomic mass is 10.1. The van der Waals surface area contributed by atoms with Gasteiger partial charge in [-0.05, 0) is 24.6 Å². The molecular formula is C12H16N2O2S. The summed E-state index contributed by atoms with van der Waals surface area (Å²) in [5.74, 6) is 0.765. The van der Waals surface area contributed by atoms with Crippen molar-refractivity contribution in [3.05, 3.63) is 29.8 Å². The van der Waals surface area contributed by atoms with Crippen LogP contribution < -0.4 is 11.1 Å². The van der Waals surface area contributed by atoms with Crippen molar-refractivity contribution in [2.24, 2.45) is 5.73 Å². The van der Waals surface area contributed by atoms with Gasteiger partial charge >= 0.3 is 6.09 Å². The predicted molar refractivity (Wildman–Crippen MR) is 68.0 cm³/mol. The fraction of sp³-hybridized carbons (Fsp3) is 0.417. The second-order valence-electron chi connectivity index (χ2n) is 4.08. The number of rotatable bonds is 4. The van der Waals surface area contributed by atoms with Crippen LogP contribution in [0.2, 0.25) is 0 Å². The Morgan fingerprint density at radius 3 is 3.12 bits per heavy atom. The molecule has 0 spiro atoms. The molecule has 4 nitrogen and oxygen atoms in total. The summed E-state index contributed by atoms with van der Waals surface area (Å²) in [7, 11) is 0. The minimum atomic E-state index is -0.320. The summed E-state index contributed by atoms with van der Waals surface area (Å²) in [5, 5.41) is 2.64. The van der Waals surface area contributed by atoms with E-state index in [1.54, 1.807) is 11.8 Å². The van der Waals surface area contributed by atoms with Crippen LogP contribution in [0, 0.1) is 0 Å². The highest BCUT2D eigenvalue weighted by Gasteiger charge is 2.22. The highest BCUT2D eigenvalue weighted by molar-refractivity contribution is 7.99. The van der Waals surface area contributed by atoms with Crippen LogP contribution in [0.3, 0.4) is 0 Å². The highest BCUT2D eigenvalue weighted by atomic mass is 32.2. The zero-order valence-electron chi connectivity index (χ0n) is 9.68. The van der Waals surface area contributed by atoms with E-state index >= 15 is 0 Å². The fourth-order valence-corrected chi connectivity index (χ4v) is 2.56. The van der Waals surface area contributed by atoms with E-state index in [0.717, 1.165) is 16.2 Å². The normalized spacial score (nSPS) is 20.8. The number of cyclic esters (lactones) is 1. The van der Waals surface area contributed by atoms with Gasteiger partial charge in [-0.2, -0.15) is 0 Å². The molecule has 0 saturated carbocycles. The maximum absolute atomic E-state index is 10.8. The Hall–Kier alpha value is -1.20. The number of hydrogen-bond acceptors (Lipinski definition) is 4. The lowest BCUT2D eigenvalue weighted by Crippen LogP contribution is -2.16. The van der Waals surface area contributed by atoms with Crippen molar-refractivity contribution < 1.29 is 9.53 Å². The van der Waals surface area contributed by atoms with Gasteiger partial charge in [0.25, 0.3) is 0 Å². The van der Waals surface area contributed by atoms with Crippen LogP contribution in [0.5, 0.6) is 0 Å². The Morgan fingerprint density at radius 1 is 1.65 bits per heavy atom. The van der Waals surface area contributed by atoms with Crippen LogP contribution in [0.1, 0.15) is 18.5 Å². The number of carbonyl (C=O) groups is 1. The van der Waals surface area contributed by atoms with E-state index in [1.807, 2.05) is 25.1 Å². The lowest BCUT2D eigenvalue weighted by Gasteiger charge is -2.10. The van der Waals surface area contributed by atoms with Crippen LogP contribution >= 0.6 is 11.8 Å². The summed E-state index contributed by atoms with van der Waals surface area (Å²) in [4.78, 5) is 12.0. The number of alkyl carbamates (subject to hydrolysis) is 1. The molecule has 1 saturated heterocycles. The SMILES string of the molecule is CC(N)c1cccc(SCC2CNC(=O)O2)c1. The maximum Gasteiger partial charge on any atom is 0.407 e. The Labute approximate surface area is 105 Å². The van der Waals surface area contributed by atoms with E-state index in [2.05, 4.69) is 11.4 Å². The van der Waals surface area contributed by atoms with Crippen molar-refractivity contribution in [3.63, 3.8) is 0 Å². The molecule has 17 heavy (non-hydrogen) atoms. The number of benzene rings is 1. The Balaban J connectivity index is 1.90. The molecule has 0 aromatic heterocycles. The van der Waals surface area contributed by atoms with Crippen molar-refractivity contribution in [2.75, 3.05) is 12.3 Å². The molecule has 0 radical (unpaired) electrons. The molecule has 92 valence electrons. The number of carbonyl (C=O) groups excluding carboxylic acids is 1. The van der Waals surface area contributed by atoms with Gasteiger partial charge in [0.1, 0.15) is 6.10 Å². The zero-order chi connectivity index (χ0) is 12.3. The van der Waals surface area contributed by atoms with Gasteiger partial charge in [-0.1, -0.05) is 12.1 Å². The van der Waals surface area contributed by atoms with Gasteiger partial charge in [-0.25, -0.2) is 4.79 Å². The van der Waals surface area contributed by atoms with Gasteiger partial charge < -0.3 is 15.8 Å². The fourth-order valence-electron chi connectivity index (χ4n) is 1.60. The Bertz CT molecular complexity index is 409. The van der Waals surface area contributed by atoms with Crippen molar-refractivity contribution >= 4 is 17.9 Å². The molecule has 2 unspecified atom stereocenters. The summed E-state index contributed by atoms with van der Waals surface area (Å²) in [5.41, 5.74) is 6.95. The van der Waals surface area contributed by atoms with E-state index in [-0.39, 0.29) is 18.2 Å². The van der Waals surface area contributed by atoms with Crippen LogP contribution in [0.15, 0.2) is 29.2 Å². The van der Waals surface area contributed by atoms with Crippen molar-refractivity contribution in [1.82, 2.24) is 5.32 Å². The average molecular weight is 252 g/mol. The van der Waals surface area contributed by atoms with Crippen LogP contribution in [0.4, 0.5) is 4.79 Å². The molecule has 1 aliphatic rings. The summed E-state index contributed by atoms with van der Waals surface area (Å²) < 4.78 is 5.07. The minimum absolute atomic E-state index is 0.0357. The van der Waals surface area contributed by atoms with E-state index in [0.29, 0.717) is 6.54 Å². The summed E-state index contributed by atoms with van der Waals surface area (Å²) in [6.07, 6.45) is -0.355. The van der Waals surface area contributed by atoms with Crippen molar-refractivity contribution in [1.29, 1.82) is 0 Å². The van der Waals surface area contributed by atoms with Crippen molar-refractivity contribution in [2.45, 2.75) is 24.0 Å². The van der Waals surface area contributed by atoms with Crippen LogP contribution in [0.25, 0.3) is 0 Å². The Kier molecular flexibility index (Phi) is 3.91. The lowest BCUT2D eigenvalue weighted by molar-refractivity contribution is 0.150. The van der Waals surface area contributed by atoms with Crippen molar-refractivity contribution in [3.8, 4) is 0 Å². The van der Waals surface area contributed by atoms with Gasteiger partial charge in [0.2, 0.25) is 0 Å². The third-order valence-corrected chi connectivity index (χ3v) is 3.69. The quantitative estimate of drug-likeness (QED) is 0.803. The molecule has 1 heterocycles. The summed E-state index contributed by atoms with van der Waals surface area (Å²) in [6, 6.07) is 8.19. The molecular weight excluding hydrogens is 236 g/mol. The second kappa shape index (κ2) is 5.42. The molecule has 1 aliphatic heterocycles. The molecule has 1 fully saturated rings. The van der Waals surface area contributed by atoms with E-state index in [4.69, 9.17) is 10.5 Å². The topological polar surface area (TPSA) is 64.3 Å². The summed E-state index contributed by atoms with van der Waals surface area (Å²) >= 11 is 1.68. The number of amides is 1. The first-order valence-electron chi connectivity index (χ1n) is 5.58. The van der Waals surface area contributed by atoms with Gasteiger partial charge in [-0.3, -0.25) is 0 Å². The first kappa shape index (κ1) is 12.3. The van der Waals surface area contributed by atoms with Gasteiger partial charge in [-0.15, -0.1) is 11.8 Å². The van der Waals surface area contributed by atoms with Crippen LogP contribution in [-0.4, -0.2) is 24.5 Å². The third kappa shape index (κ3) is 3.38. The van der Waals surface area contributed by atoms with Gasteiger partial charge in [0.05, 0.1) is 6.54 Å². The third-order valence-electron chi connectivity index (χ3n) is 2.57. The zero-order valence-corrected chi connectivity index (χ0v) is 10.5. The molecule has 1 amide bonds. The monoisotopic (exact) mass is 252 g/mol. The number of nitrogens with one attached hydrogen (secondary N) is 1. The first-order valence-corrected chi connectivity index (χ1v) is 6.56. The van der Waals surface area contributed by atoms with Gasteiger partial charge in [0, 0.05) is 16.7 Å². The molecule has 0 bridgehead atoms. The molecule has 1 aromatic carbocycles. The largest absolute Gasteiger partial charge is 0.443 e. The van der Waals surface area contributed by atoms with E-state index < -0.39 is 0 Å². The van der Waals surface area contributed by atoms with Crippen LogP contribution in [-0.2, 0) is 4.74 Å². The number of hydrogen-bond donors (Lipinski definition) is 2. The minimum Gasteiger partial charge on any atom is -0.443 e. The number of nitrogens with two attached hydrogens (primary N) is 1. The highest BCUT2D eigenvalue weighted by Crippen LogP contribution is 2.23. The number of thioether (sulfide) groups is 1. The number of ether oxygens (including phenoxy) is 1. The molecule has 0 aliphatic carbocycles. The van der Waals surface area contributed by atoms with Gasteiger partial charge in [0.15, 0.2) is 0 Å². The molecule has 1 aromatic rings. The first-order chi connectivity index (χ1) is 8.15.